The summed E-state index contributed by atoms with van der Waals surface area (Å²) in [6, 6.07) is 0. The number of unbranched alkanes of at least 4 members (excludes halogenated alkanes) is 1. The van der Waals surface area contributed by atoms with Crippen LogP contribution in [-0.2, 0) is 19.1 Å². The lowest BCUT2D eigenvalue weighted by Crippen LogP contribution is -2.24. The zero-order valence-corrected chi connectivity index (χ0v) is 15.6. The van der Waals surface area contributed by atoms with Crippen molar-refractivity contribution in [3.63, 3.8) is 0 Å². The molecule has 0 spiro atoms. The molecule has 2 rings (SSSR count). The number of nitrogens with one attached hydrogen (secondary N) is 1. The first-order chi connectivity index (χ1) is 13.0. The number of hydrogen-bond acceptors (Lipinski definition) is 10. The minimum absolute atomic E-state index is 0.00244. The van der Waals surface area contributed by atoms with E-state index in [0.717, 1.165) is 12.8 Å². The second kappa shape index (κ2) is 9.51. The number of rotatable bonds is 8. The molecule has 1 aliphatic heterocycles. The van der Waals surface area contributed by atoms with E-state index in [-0.39, 0.29) is 42.1 Å². The maximum atomic E-state index is 12.3. The second-order valence-corrected chi connectivity index (χ2v) is 5.40. The van der Waals surface area contributed by atoms with Gasteiger partial charge in [0.1, 0.15) is 5.69 Å². The van der Waals surface area contributed by atoms with Gasteiger partial charge in [-0.2, -0.15) is 9.97 Å². The maximum Gasteiger partial charge on any atom is 0.347 e. The van der Waals surface area contributed by atoms with Gasteiger partial charge in [0.05, 0.1) is 31.7 Å². The van der Waals surface area contributed by atoms with Gasteiger partial charge >= 0.3 is 11.9 Å². The molecule has 1 aromatic rings. The van der Waals surface area contributed by atoms with Crippen LogP contribution < -0.4 is 15.8 Å². The number of nitrogen functional groups attached to an aromatic ring is 1. The van der Waals surface area contributed by atoms with Crippen LogP contribution in [0.1, 0.15) is 33.6 Å². The van der Waals surface area contributed by atoms with Gasteiger partial charge in [-0.1, -0.05) is 13.3 Å². The van der Waals surface area contributed by atoms with Crippen molar-refractivity contribution in [3.8, 4) is 5.88 Å². The summed E-state index contributed by atoms with van der Waals surface area (Å²) in [5.41, 5.74) is 5.81. The molecule has 1 aliphatic rings. The Kier molecular flexibility index (Phi) is 7.09. The van der Waals surface area contributed by atoms with E-state index in [2.05, 4.69) is 20.3 Å². The van der Waals surface area contributed by atoms with Crippen molar-refractivity contribution in [2.45, 2.75) is 33.6 Å². The Labute approximate surface area is 156 Å². The first kappa shape index (κ1) is 20.1. The highest BCUT2D eigenvalue weighted by molar-refractivity contribution is 6.19. The molecule has 0 bridgehead atoms. The molecule has 10 nitrogen and oxygen atoms in total. The van der Waals surface area contributed by atoms with Gasteiger partial charge in [-0.3, -0.25) is 0 Å². The lowest BCUT2D eigenvalue weighted by Gasteiger charge is -2.19. The molecule has 0 saturated carbocycles. The third kappa shape index (κ3) is 4.93. The van der Waals surface area contributed by atoms with Crippen molar-refractivity contribution in [2.24, 2.45) is 4.99 Å². The first-order valence-electron chi connectivity index (χ1n) is 8.71. The highest BCUT2D eigenvalue weighted by Gasteiger charge is 2.29. The van der Waals surface area contributed by atoms with Gasteiger partial charge in [0.15, 0.2) is 11.4 Å². The van der Waals surface area contributed by atoms with Crippen molar-refractivity contribution in [1.82, 2.24) is 9.97 Å². The van der Waals surface area contributed by atoms with Gasteiger partial charge in [0.2, 0.25) is 11.8 Å². The Balaban J connectivity index is 2.45. The van der Waals surface area contributed by atoms with Crippen LogP contribution in [0.15, 0.2) is 16.3 Å². The predicted octanol–water partition coefficient (Wildman–Crippen LogP) is 1.75. The molecule has 0 atom stereocenters. The molecule has 0 aromatic carbocycles. The van der Waals surface area contributed by atoms with Gasteiger partial charge < -0.3 is 25.3 Å². The number of nitrogens with two attached hydrogens (primary N) is 1. The molecule has 10 heteroatoms. The zero-order valence-electron chi connectivity index (χ0n) is 15.6. The minimum atomic E-state index is -0.821. The first-order valence-corrected chi connectivity index (χ1v) is 8.71. The molecule has 0 saturated heterocycles. The molecular weight excluding hydrogens is 354 g/mol. The van der Waals surface area contributed by atoms with E-state index in [1.165, 1.54) is 6.21 Å². The molecule has 0 amide bonds. The summed E-state index contributed by atoms with van der Waals surface area (Å²) in [5.74, 6) is -1.21. The lowest BCUT2D eigenvalue weighted by molar-refractivity contribution is -0.146. The van der Waals surface area contributed by atoms with Gasteiger partial charge in [-0.25, -0.2) is 14.6 Å². The van der Waals surface area contributed by atoms with Gasteiger partial charge in [-0.05, 0) is 20.3 Å². The maximum absolute atomic E-state index is 12.3. The van der Waals surface area contributed by atoms with E-state index in [1.54, 1.807) is 13.8 Å². The lowest BCUT2D eigenvalue weighted by atomic mass is 10.2. The summed E-state index contributed by atoms with van der Waals surface area (Å²) >= 11 is 0. The fourth-order valence-electron chi connectivity index (χ4n) is 2.19. The number of aromatic nitrogens is 2. The van der Waals surface area contributed by atoms with E-state index in [1.807, 2.05) is 6.92 Å². The molecule has 2 heterocycles. The Morgan fingerprint density at radius 1 is 1.11 bits per heavy atom. The number of hydrogen-bond donors (Lipinski definition) is 2. The van der Waals surface area contributed by atoms with Crippen molar-refractivity contribution in [3.05, 3.63) is 11.3 Å². The SMILES string of the molecule is CCCCOc1nc(N)nc2c1NC(=C(C(=O)OCC)C(=O)OCC)C=N2. The number of allylic oxidation sites excluding steroid dienone is 1. The average Bonchev–Trinajstić information content (AvgIpc) is 2.62. The van der Waals surface area contributed by atoms with E-state index < -0.39 is 11.9 Å². The molecule has 0 radical (unpaired) electrons. The Hall–Kier alpha value is -3.17. The minimum Gasteiger partial charge on any atom is -0.476 e. The number of anilines is 2. The highest BCUT2D eigenvalue weighted by Crippen LogP contribution is 2.36. The van der Waals surface area contributed by atoms with E-state index in [4.69, 9.17) is 19.9 Å². The van der Waals surface area contributed by atoms with Crippen LogP contribution >= 0.6 is 0 Å². The van der Waals surface area contributed by atoms with Gasteiger partial charge in [0, 0.05) is 0 Å². The van der Waals surface area contributed by atoms with Gasteiger partial charge in [-0.15, -0.1) is 0 Å². The Morgan fingerprint density at radius 2 is 1.78 bits per heavy atom. The zero-order chi connectivity index (χ0) is 19.8. The van der Waals surface area contributed by atoms with Crippen LogP contribution in [-0.4, -0.2) is 47.9 Å². The summed E-state index contributed by atoms with van der Waals surface area (Å²) in [4.78, 5) is 36.8. The quantitative estimate of drug-likeness (QED) is 0.228. The summed E-state index contributed by atoms with van der Waals surface area (Å²) in [6.45, 7) is 5.94. The number of carbonyl (C=O) groups excluding carboxylic acids is 2. The monoisotopic (exact) mass is 377 g/mol. The molecular formula is C17H23N5O5. The van der Waals surface area contributed by atoms with Crippen molar-refractivity contribution >= 4 is 35.6 Å². The average molecular weight is 377 g/mol. The number of aliphatic imine (C=N–C) groups is 1. The molecule has 0 unspecified atom stereocenters. The summed E-state index contributed by atoms with van der Waals surface area (Å²) < 4.78 is 15.6. The number of nitrogens with zero attached hydrogens (tertiary/aromatic N) is 3. The second-order valence-electron chi connectivity index (χ2n) is 5.40. The van der Waals surface area contributed by atoms with Crippen molar-refractivity contribution in [1.29, 1.82) is 0 Å². The third-order valence-electron chi connectivity index (χ3n) is 3.41. The molecule has 1 aromatic heterocycles. The summed E-state index contributed by atoms with van der Waals surface area (Å²) in [6.07, 6.45) is 3.05. The number of carbonyl (C=O) groups is 2. The fourth-order valence-corrected chi connectivity index (χ4v) is 2.19. The molecule has 27 heavy (non-hydrogen) atoms. The van der Waals surface area contributed by atoms with E-state index in [9.17, 15) is 9.59 Å². The molecule has 0 aliphatic carbocycles. The standard InChI is InChI=1S/C17H23N5O5/c1-4-7-8-27-14-12-13(21-17(18)22-14)19-9-10(20-12)11(15(23)25-5-2)16(24)26-6-3/h9,20H,4-8H2,1-3H3,(H2,18,21,22). The normalized spacial score (nSPS) is 12.0. The van der Waals surface area contributed by atoms with Crippen LogP contribution in [0, 0.1) is 0 Å². The Morgan fingerprint density at radius 3 is 2.37 bits per heavy atom. The van der Waals surface area contributed by atoms with Crippen LogP contribution in [0.5, 0.6) is 5.88 Å². The largest absolute Gasteiger partial charge is 0.476 e. The van der Waals surface area contributed by atoms with Crippen molar-refractivity contribution < 1.29 is 23.8 Å². The number of esters is 2. The van der Waals surface area contributed by atoms with E-state index in [0.29, 0.717) is 12.3 Å². The van der Waals surface area contributed by atoms with Crippen LogP contribution in [0.2, 0.25) is 0 Å². The Bertz CT molecular complexity index is 755. The summed E-state index contributed by atoms with van der Waals surface area (Å²) in [7, 11) is 0. The predicted molar refractivity (Wildman–Crippen MR) is 98.9 cm³/mol. The molecule has 146 valence electrons. The highest BCUT2D eigenvalue weighted by atomic mass is 16.6. The van der Waals surface area contributed by atoms with Crippen LogP contribution in [0.3, 0.4) is 0 Å². The topological polar surface area (TPSA) is 138 Å². The van der Waals surface area contributed by atoms with Crippen LogP contribution in [0.4, 0.5) is 17.5 Å². The van der Waals surface area contributed by atoms with Crippen LogP contribution in [0.25, 0.3) is 0 Å². The molecule has 3 N–H and O–H groups in total. The smallest absolute Gasteiger partial charge is 0.347 e. The summed E-state index contributed by atoms with van der Waals surface area (Å²) in [5, 5.41) is 2.92. The fraction of sp³-hybridized carbons (Fsp3) is 0.471. The van der Waals surface area contributed by atoms with E-state index >= 15 is 0 Å². The van der Waals surface area contributed by atoms with Gasteiger partial charge in [0.25, 0.3) is 0 Å². The van der Waals surface area contributed by atoms with Crippen molar-refractivity contribution in [2.75, 3.05) is 30.9 Å². The number of fused-ring (bicyclic) bond motifs is 1. The third-order valence-corrected chi connectivity index (χ3v) is 3.41. The number of ether oxygens (including phenoxy) is 3. The molecule has 0 fully saturated rings.